The maximum Gasteiger partial charge on any atom is 0.401 e. The second kappa shape index (κ2) is 7.44. The van der Waals surface area contributed by atoms with E-state index in [0.29, 0.717) is 16.7 Å². The molecule has 1 fully saturated rings. The molecule has 1 saturated heterocycles. The summed E-state index contributed by atoms with van der Waals surface area (Å²) >= 11 is 5.80. The SMILES string of the molecule is FC(F)(F)CN1CC(Oc2ccc3c(Nc4ccc(Cl)nc4)nccc3c2)C1. The van der Waals surface area contributed by atoms with E-state index in [0.717, 1.165) is 16.5 Å². The van der Waals surface area contributed by atoms with Crippen molar-refractivity contribution in [2.75, 3.05) is 25.0 Å². The average Bonchev–Trinajstić information content (AvgIpc) is 2.61. The van der Waals surface area contributed by atoms with Gasteiger partial charge in [0.1, 0.15) is 22.8 Å². The summed E-state index contributed by atoms with van der Waals surface area (Å²) in [6.45, 7) is -0.362. The summed E-state index contributed by atoms with van der Waals surface area (Å²) in [6, 6.07) is 10.9. The van der Waals surface area contributed by atoms with Crippen LogP contribution in [0.25, 0.3) is 10.8 Å². The lowest BCUT2D eigenvalue weighted by molar-refractivity contribution is -0.162. The van der Waals surface area contributed by atoms with Gasteiger partial charge in [-0.25, -0.2) is 9.97 Å². The smallest absolute Gasteiger partial charge is 0.401 e. The molecule has 0 aliphatic carbocycles. The summed E-state index contributed by atoms with van der Waals surface area (Å²) in [5.74, 6) is 1.28. The van der Waals surface area contributed by atoms with Crippen molar-refractivity contribution in [3.8, 4) is 5.75 Å². The maximum atomic E-state index is 12.4. The largest absolute Gasteiger partial charge is 0.488 e. The van der Waals surface area contributed by atoms with E-state index < -0.39 is 12.7 Å². The Bertz CT molecular complexity index is 975. The third-order valence-electron chi connectivity index (χ3n) is 4.36. The zero-order chi connectivity index (χ0) is 19.7. The van der Waals surface area contributed by atoms with Gasteiger partial charge in [0, 0.05) is 24.7 Å². The molecule has 0 radical (unpaired) electrons. The molecule has 0 saturated carbocycles. The summed E-state index contributed by atoms with van der Waals surface area (Å²) in [5.41, 5.74) is 0.754. The van der Waals surface area contributed by atoms with Gasteiger partial charge in [-0.2, -0.15) is 13.2 Å². The van der Waals surface area contributed by atoms with Crippen molar-refractivity contribution in [3.63, 3.8) is 0 Å². The molecule has 2 aromatic heterocycles. The van der Waals surface area contributed by atoms with Gasteiger partial charge < -0.3 is 10.1 Å². The first-order chi connectivity index (χ1) is 13.4. The fourth-order valence-electron chi connectivity index (χ4n) is 3.09. The van der Waals surface area contributed by atoms with Crippen LogP contribution in [-0.2, 0) is 0 Å². The third kappa shape index (κ3) is 4.45. The predicted octanol–water partition coefficient (Wildman–Crippen LogP) is 4.65. The van der Waals surface area contributed by atoms with E-state index in [4.69, 9.17) is 16.3 Å². The molecule has 0 spiro atoms. The van der Waals surface area contributed by atoms with Crippen LogP contribution in [0.2, 0.25) is 5.15 Å². The van der Waals surface area contributed by atoms with Gasteiger partial charge in [-0.15, -0.1) is 0 Å². The van der Waals surface area contributed by atoms with E-state index in [1.807, 2.05) is 18.2 Å². The number of hydrogen-bond donors (Lipinski definition) is 1. The first kappa shape index (κ1) is 18.8. The predicted molar refractivity (Wildman–Crippen MR) is 101 cm³/mol. The van der Waals surface area contributed by atoms with Crippen LogP contribution < -0.4 is 10.1 Å². The highest BCUT2D eigenvalue weighted by Gasteiger charge is 2.37. The first-order valence-corrected chi connectivity index (χ1v) is 8.97. The number of rotatable bonds is 5. The van der Waals surface area contributed by atoms with E-state index in [-0.39, 0.29) is 19.2 Å². The van der Waals surface area contributed by atoms with Crippen LogP contribution in [0.5, 0.6) is 5.75 Å². The van der Waals surface area contributed by atoms with Crippen LogP contribution >= 0.6 is 11.6 Å². The molecule has 1 aliphatic heterocycles. The van der Waals surface area contributed by atoms with Gasteiger partial charge >= 0.3 is 6.18 Å². The fraction of sp³-hybridized carbons (Fsp3) is 0.263. The van der Waals surface area contributed by atoms with Crippen LogP contribution in [0.3, 0.4) is 0 Å². The minimum absolute atomic E-state index is 0.237. The van der Waals surface area contributed by atoms with E-state index in [1.54, 1.807) is 30.6 Å². The Morgan fingerprint density at radius 2 is 1.96 bits per heavy atom. The molecule has 3 heterocycles. The summed E-state index contributed by atoms with van der Waals surface area (Å²) in [4.78, 5) is 9.70. The van der Waals surface area contributed by atoms with Crippen LogP contribution in [0.1, 0.15) is 0 Å². The molecule has 4 rings (SSSR count). The van der Waals surface area contributed by atoms with Crippen LogP contribution in [-0.4, -0.2) is 46.8 Å². The van der Waals surface area contributed by atoms with E-state index in [1.165, 1.54) is 4.90 Å². The standard InChI is InChI=1S/C19H16ClF3N4O/c20-17-4-1-13(8-25-17)26-18-16-3-2-14(7-12(16)5-6-24-18)28-15-9-27(10-15)11-19(21,22)23/h1-8,15H,9-11H2,(H,24,26). The summed E-state index contributed by atoms with van der Waals surface area (Å²) in [5, 5.41) is 5.40. The molecule has 5 nitrogen and oxygen atoms in total. The summed E-state index contributed by atoms with van der Waals surface area (Å²) < 4.78 is 42.9. The van der Waals surface area contributed by atoms with E-state index >= 15 is 0 Å². The van der Waals surface area contributed by atoms with Gasteiger partial charge in [0.2, 0.25) is 0 Å². The lowest BCUT2D eigenvalue weighted by atomic mass is 10.1. The van der Waals surface area contributed by atoms with Gasteiger partial charge in [0.15, 0.2) is 0 Å². The number of benzene rings is 1. The molecule has 3 aromatic rings. The van der Waals surface area contributed by atoms with Gasteiger partial charge in [0.25, 0.3) is 0 Å². The Balaban J connectivity index is 1.44. The van der Waals surface area contributed by atoms with Gasteiger partial charge in [0.05, 0.1) is 18.4 Å². The van der Waals surface area contributed by atoms with Crippen LogP contribution in [0.4, 0.5) is 24.7 Å². The van der Waals surface area contributed by atoms with Crippen molar-refractivity contribution in [1.29, 1.82) is 0 Å². The van der Waals surface area contributed by atoms with E-state index in [9.17, 15) is 13.2 Å². The number of halogens is 4. The molecule has 0 amide bonds. The minimum atomic E-state index is -4.18. The number of nitrogens with zero attached hydrogens (tertiary/aromatic N) is 3. The average molecular weight is 409 g/mol. The summed E-state index contributed by atoms with van der Waals surface area (Å²) in [7, 11) is 0. The second-order valence-electron chi connectivity index (χ2n) is 6.59. The first-order valence-electron chi connectivity index (χ1n) is 8.59. The number of aromatic nitrogens is 2. The zero-order valence-electron chi connectivity index (χ0n) is 14.6. The lowest BCUT2D eigenvalue weighted by Crippen LogP contribution is -2.56. The molecule has 1 aliphatic rings. The Kier molecular flexibility index (Phi) is 4.99. The fourth-order valence-corrected chi connectivity index (χ4v) is 3.20. The molecule has 146 valence electrons. The molecule has 0 bridgehead atoms. The zero-order valence-corrected chi connectivity index (χ0v) is 15.3. The molecular formula is C19H16ClF3N4O. The van der Waals surface area contributed by atoms with Gasteiger partial charge in [-0.3, -0.25) is 4.90 Å². The Labute approximate surface area is 164 Å². The number of anilines is 2. The van der Waals surface area contributed by atoms with Gasteiger partial charge in [-0.1, -0.05) is 11.6 Å². The minimum Gasteiger partial charge on any atom is -0.488 e. The molecule has 0 unspecified atom stereocenters. The van der Waals surface area contributed by atoms with Crippen LogP contribution in [0.15, 0.2) is 48.8 Å². The third-order valence-corrected chi connectivity index (χ3v) is 4.58. The Hall–Kier alpha value is -2.58. The second-order valence-corrected chi connectivity index (χ2v) is 6.97. The molecule has 1 aromatic carbocycles. The quantitative estimate of drug-likeness (QED) is 0.623. The van der Waals surface area contributed by atoms with Crippen molar-refractivity contribution in [3.05, 3.63) is 53.9 Å². The highest BCUT2D eigenvalue weighted by Crippen LogP contribution is 2.29. The monoisotopic (exact) mass is 408 g/mol. The highest BCUT2D eigenvalue weighted by atomic mass is 35.5. The lowest BCUT2D eigenvalue weighted by Gasteiger charge is -2.39. The number of nitrogens with one attached hydrogen (secondary N) is 1. The molecule has 0 atom stereocenters. The normalized spacial score (nSPS) is 15.4. The van der Waals surface area contributed by atoms with Crippen molar-refractivity contribution in [2.45, 2.75) is 12.3 Å². The van der Waals surface area contributed by atoms with Crippen molar-refractivity contribution in [1.82, 2.24) is 14.9 Å². The number of fused-ring (bicyclic) bond motifs is 1. The number of likely N-dealkylation sites (tertiary alicyclic amines) is 1. The molecule has 28 heavy (non-hydrogen) atoms. The number of ether oxygens (including phenoxy) is 1. The van der Waals surface area contributed by atoms with E-state index in [2.05, 4.69) is 15.3 Å². The molecule has 1 N–H and O–H groups in total. The number of pyridine rings is 2. The van der Waals surface area contributed by atoms with Crippen LogP contribution in [0, 0.1) is 0 Å². The number of alkyl halides is 3. The van der Waals surface area contributed by atoms with Gasteiger partial charge in [-0.05, 0) is 41.8 Å². The molecule has 9 heteroatoms. The van der Waals surface area contributed by atoms with Crippen molar-refractivity contribution in [2.24, 2.45) is 0 Å². The van der Waals surface area contributed by atoms with Crippen molar-refractivity contribution < 1.29 is 17.9 Å². The van der Waals surface area contributed by atoms with Crippen molar-refractivity contribution >= 4 is 33.9 Å². The number of hydrogen-bond acceptors (Lipinski definition) is 5. The Morgan fingerprint density at radius 3 is 2.68 bits per heavy atom. The summed E-state index contributed by atoms with van der Waals surface area (Å²) in [6.07, 6.45) is -1.13. The highest BCUT2D eigenvalue weighted by molar-refractivity contribution is 6.29. The Morgan fingerprint density at radius 1 is 1.14 bits per heavy atom. The topological polar surface area (TPSA) is 50.3 Å². The molecular weight excluding hydrogens is 393 g/mol. The maximum absolute atomic E-state index is 12.4.